The first kappa shape index (κ1) is 29.0. The number of hydrogen-bond acceptors (Lipinski definition) is 7. The molecule has 5 rings (SSSR count). The van der Waals surface area contributed by atoms with Crippen LogP contribution < -0.4 is 9.64 Å². The molecule has 1 amide bonds. The number of nitrogens with zero attached hydrogens (tertiary/aromatic N) is 3. The van der Waals surface area contributed by atoms with Gasteiger partial charge in [-0.3, -0.25) is 4.79 Å². The third-order valence-electron chi connectivity index (χ3n) is 7.12. The molecule has 0 unspecified atom stereocenters. The van der Waals surface area contributed by atoms with Gasteiger partial charge in [-0.25, -0.2) is 13.6 Å². The highest BCUT2D eigenvalue weighted by molar-refractivity contribution is 7.87. The van der Waals surface area contributed by atoms with Crippen LogP contribution in [0.5, 0.6) is 5.75 Å². The normalized spacial score (nSPS) is 19.8. The Morgan fingerprint density at radius 2 is 1.63 bits per heavy atom. The summed E-state index contributed by atoms with van der Waals surface area (Å²) in [5.74, 6) is -6.37. The SMILES string of the molecule is O=C(c1cc(C2CC2)c(O[C@@H]2CCCN(c3ccc(F)cc3)C2)cc1F)N(OC(=O)C(F)(F)F)S(=O)(=O)N1CCC1. The lowest BCUT2D eigenvalue weighted by molar-refractivity contribution is -0.217. The first-order valence-corrected chi connectivity index (χ1v) is 14.4. The maximum absolute atomic E-state index is 15.4. The summed E-state index contributed by atoms with van der Waals surface area (Å²) in [6, 6.07) is 7.90. The van der Waals surface area contributed by atoms with E-state index in [1.807, 2.05) is 4.90 Å². The summed E-state index contributed by atoms with van der Waals surface area (Å²) in [6.07, 6.45) is -2.95. The van der Waals surface area contributed by atoms with Gasteiger partial charge >= 0.3 is 28.3 Å². The predicted molar refractivity (Wildman–Crippen MR) is 134 cm³/mol. The summed E-state index contributed by atoms with van der Waals surface area (Å²) in [5.41, 5.74) is 0.290. The number of alkyl halides is 3. The van der Waals surface area contributed by atoms with E-state index in [0.717, 1.165) is 24.2 Å². The van der Waals surface area contributed by atoms with Crippen LogP contribution in [0.3, 0.4) is 0 Å². The zero-order chi connectivity index (χ0) is 29.5. The van der Waals surface area contributed by atoms with Gasteiger partial charge in [-0.2, -0.15) is 25.9 Å². The number of carbonyl (C=O) groups excluding carboxylic acids is 2. The molecule has 1 atom stereocenters. The quantitative estimate of drug-likeness (QED) is 0.344. The van der Waals surface area contributed by atoms with E-state index in [4.69, 9.17) is 4.74 Å². The Labute approximate surface area is 232 Å². The van der Waals surface area contributed by atoms with E-state index in [1.165, 1.54) is 12.1 Å². The summed E-state index contributed by atoms with van der Waals surface area (Å²) in [5, 5.41) is 0. The maximum Gasteiger partial charge on any atom is 0.493 e. The molecule has 2 aliphatic heterocycles. The molecular weight excluding hydrogens is 577 g/mol. The van der Waals surface area contributed by atoms with Crippen molar-refractivity contribution in [3.63, 3.8) is 0 Å². The Balaban J connectivity index is 1.41. The molecule has 15 heteroatoms. The highest BCUT2D eigenvalue weighted by atomic mass is 32.2. The van der Waals surface area contributed by atoms with E-state index in [1.54, 1.807) is 12.1 Å². The van der Waals surface area contributed by atoms with Gasteiger partial charge in [-0.15, -0.1) is 0 Å². The highest BCUT2D eigenvalue weighted by Gasteiger charge is 2.48. The number of hydroxylamine groups is 1. The van der Waals surface area contributed by atoms with Crippen molar-refractivity contribution >= 4 is 27.8 Å². The standard InChI is InChI=1S/C26H26F5N3O6S/c27-17-6-8-18(9-7-17)32-10-1-3-19(15-32)39-23-14-22(28)21(13-20(23)16-4-5-16)24(35)34(40-25(36)26(29,30)31)41(37,38)33-11-2-12-33/h6-9,13-14,16,19H,1-5,10-12,15H2/t19-/m1/s1. The van der Waals surface area contributed by atoms with E-state index < -0.39 is 50.2 Å². The highest BCUT2D eigenvalue weighted by Crippen LogP contribution is 2.46. The van der Waals surface area contributed by atoms with Gasteiger partial charge in [0.25, 0.3) is 0 Å². The summed E-state index contributed by atoms with van der Waals surface area (Å²) in [6.45, 7) is 0.872. The minimum atomic E-state index is -5.61. The van der Waals surface area contributed by atoms with Crippen LogP contribution in [0.1, 0.15) is 53.9 Å². The molecule has 1 aliphatic carbocycles. The van der Waals surface area contributed by atoms with Gasteiger partial charge in [0.2, 0.25) is 0 Å². The molecule has 0 N–H and O–H groups in total. The fourth-order valence-electron chi connectivity index (χ4n) is 4.69. The Kier molecular flexibility index (Phi) is 7.85. The number of hydrogen-bond donors (Lipinski definition) is 0. The van der Waals surface area contributed by atoms with Crippen molar-refractivity contribution < 1.29 is 49.5 Å². The molecule has 2 aromatic carbocycles. The largest absolute Gasteiger partial charge is 0.493 e. The van der Waals surface area contributed by atoms with Crippen molar-refractivity contribution in [2.75, 3.05) is 31.1 Å². The van der Waals surface area contributed by atoms with Gasteiger partial charge in [0.1, 0.15) is 23.5 Å². The summed E-state index contributed by atoms with van der Waals surface area (Å²) >= 11 is 0. The van der Waals surface area contributed by atoms with Crippen LogP contribution >= 0.6 is 0 Å². The Morgan fingerprint density at radius 3 is 2.22 bits per heavy atom. The van der Waals surface area contributed by atoms with Crippen molar-refractivity contribution in [3.8, 4) is 5.75 Å². The van der Waals surface area contributed by atoms with Crippen LogP contribution in [-0.2, 0) is 19.8 Å². The fraction of sp³-hybridized carbons (Fsp3) is 0.462. The lowest BCUT2D eigenvalue weighted by atomic mass is 10.0. The zero-order valence-electron chi connectivity index (χ0n) is 21.6. The zero-order valence-corrected chi connectivity index (χ0v) is 22.4. The van der Waals surface area contributed by atoms with Crippen molar-refractivity contribution in [2.45, 2.75) is 50.3 Å². The Bertz CT molecular complexity index is 1430. The van der Waals surface area contributed by atoms with Gasteiger partial charge < -0.3 is 14.5 Å². The van der Waals surface area contributed by atoms with E-state index in [2.05, 4.69) is 4.84 Å². The van der Waals surface area contributed by atoms with Crippen LogP contribution in [0.15, 0.2) is 36.4 Å². The third-order valence-corrected chi connectivity index (χ3v) is 8.80. The van der Waals surface area contributed by atoms with E-state index in [0.29, 0.717) is 48.6 Å². The van der Waals surface area contributed by atoms with Crippen molar-refractivity contribution in [2.24, 2.45) is 0 Å². The average molecular weight is 604 g/mol. The first-order valence-electron chi connectivity index (χ1n) is 13.0. The lowest BCUT2D eigenvalue weighted by Gasteiger charge is -2.35. The first-order chi connectivity index (χ1) is 19.3. The van der Waals surface area contributed by atoms with Crippen LogP contribution in [0, 0.1) is 11.6 Å². The average Bonchev–Trinajstić information content (AvgIpc) is 3.71. The number of amides is 1. The molecule has 0 spiro atoms. The van der Waals surface area contributed by atoms with Crippen LogP contribution in [-0.4, -0.2) is 67.5 Å². The lowest BCUT2D eigenvalue weighted by Crippen LogP contribution is -2.53. The molecule has 222 valence electrons. The molecule has 0 aromatic heterocycles. The maximum atomic E-state index is 15.4. The van der Waals surface area contributed by atoms with Crippen LogP contribution in [0.4, 0.5) is 27.6 Å². The molecule has 3 aliphatic rings. The van der Waals surface area contributed by atoms with Gasteiger partial charge in [-0.1, -0.05) is 0 Å². The minimum absolute atomic E-state index is 0.116. The smallest absolute Gasteiger partial charge is 0.488 e. The predicted octanol–water partition coefficient (Wildman–Crippen LogP) is 4.30. The minimum Gasteiger partial charge on any atom is -0.488 e. The molecule has 41 heavy (non-hydrogen) atoms. The summed E-state index contributed by atoms with van der Waals surface area (Å²) in [7, 11) is -5.02. The number of benzene rings is 2. The van der Waals surface area contributed by atoms with Crippen molar-refractivity contribution in [1.82, 2.24) is 8.77 Å². The number of carbonyl (C=O) groups is 2. The Hall–Kier alpha value is -3.46. The van der Waals surface area contributed by atoms with Crippen LogP contribution in [0.25, 0.3) is 0 Å². The van der Waals surface area contributed by atoms with E-state index in [-0.39, 0.29) is 30.6 Å². The Morgan fingerprint density at radius 1 is 0.951 bits per heavy atom. The van der Waals surface area contributed by atoms with Crippen LogP contribution in [0.2, 0.25) is 0 Å². The molecular formula is C26H26F5N3O6S. The number of halogens is 5. The number of piperidine rings is 1. The van der Waals surface area contributed by atoms with Gasteiger partial charge in [0.05, 0.1) is 12.1 Å². The van der Waals surface area contributed by atoms with E-state index >= 15 is 4.39 Å². The van der Waals surface area contributed by atoms with Crippen molar-refractivity contribution in [3.05, 3.63) is 59.2 Å². The fourth-order valence-corrected chi connectivity index (χ4v) is 6.09. The number of rotatable bonds is 7. The molecule has 3 fully saturated rings. The second-order valence-corrected chi connectivity index (χ2v) is 11.9. The molecule has 9 nitrogen and oxygen atoms in total. The third kappa shape index (κ3) is 6.25. The molecule has 2 heterocycles. The van der Waals surface area contributed by atoms with E-state index in [9.17, 15) is 35.6 Å². The topological polar surface area (TPSA) is 96.5 Å². The monoisotopic (exact) mass is 603 g/mol. The second-order valence-electron chi connectivity index (χ2n) is 10.1. The molecule has 0 bridgehead atoms. The van der Waals surface area contributed by atoms with Gasteiger partial charge in [0, 0.05) is 31.4 Å². The number of ether oxygens (including phenoxy) is 1. The number of anilines is 1. The molecule has 0 radical (unpaired) electrons. The second kappa shape index (κ2) is 11.1. The van der Waals surface area contributed by atoms with Crippen molar-refractivity contribution in [1.29, 1.82) is 0 Å². The summed E-state index contributed by atoms with van der Waals surface area (Å²) in [4.78, 5) is 30.7. The molecule has 2 saturated heterocycles. The van der Waals surface area contributed by atoms with Gasteiger partial charge in [-0.05, 0) is 78.4 Å². The summed E-state index contributed by atoms with van der Waals surface area (Å²) < 4.78 is 99.2. The molecule has 1 saturated carbocycles. The molecule has 2 aromatic rings. The van der Waals surface area contributed by atoms with Gasteiger partial charge in [0.15, 0.2) is 0 Å².